The van der Waals surface area contributed by atoms with E-state index in [2.05, 4.69) is 34.6 Å². The maximum absolute atomic E-state index is 5.62. The highest BCUT2D eigenvalue weighted by Crippen LogP contribution is 2.32. The molecule has 2 heteroatoms. The normalized spacial score (nSPS) is 13.6. The molecular formula is C9H21NO. The van der Waals surface area contributed by atoms with Gasteiger partial charge in [-0.3, -0.25) is 0 Å². The first kappa shape index (κ1) is 10.9. The SMILES string of the molecule is CC(C)(C)C(C)(C)OCCN. The van der Waals surface area contributed by atoms with E-state index in [0.29, 0.717) is 13.2 Å². The summed E-state index contributed by atoms with van der Waals surface area (Å²) in [7, 11) is 0. The molecule has 0 spiro atoms. The lowest BCUT2D eigenvalue weighted by Crippen LogP contribution is -2.40. The number of hydrogen-bond acceptors (Lipinski definition) is 2. The number of rotatable bonds is 3. The molecule has 0 amide bonds. The molecule has 68 valence electrons. The average molecular weight is 159 g/mol. The Bertz CT molecular complexity index is 113. The second-order valence-electron chi connectivity index (χ2n) is 4.40. The molecule has 0 saturated carbocycles. The topological polar surface area (TPSA) is 35.2 Å². The molecule has 0 rings (SSSR count). The van der Waals surface area contributed by atoms with Crippen molar-refractivity contribution in [3.05, 3.63) is 0 Å². The van der Waals surface area contributed by atoms with Gasteiger partial charge < -0.3 is 10.5 Å². The molecule has 0 saturated heterocycles. The van der Waals surface area contributed by atoms with E-state index < -0.39 is 0 Å². The van der Waals surface area contributed by atoms with Crippen molar-refractivity contribution in [2.75, 3.05) is 13.2 Å². The van der Waals surface area contributed by atoms with Crippen LogP contribution in [-0.4, -0.2) is 18.8 Å². The first-order valence-corrected chi connectivity index (χ1v) is 4.15. The van der Waals surface area contributed by atoms with E-state index in [4.69, 9.17) is 10.5 Å². The molecule has 0 aromatic rings. The summed E-state index contributed by atoms with van der Waals surface area (Å²) >= 11 is 0. The molecule has 11 heavy (non-hydrogen) atoms. The lowest BCUT2D eigenvalue weighted by atomic mass is 9.79. The largest absolute Gasteiger partial charge is 0.374 e. The molecular weight excluding hydrogens is 138 g/mol. The van der Waals surface area contributed by atoms with Crippen molar-refractivity contribution in [1.82, 2.24) is 0 Å². The molecule has 0 fully saturated rings. The molecule has 0 unspecified atom stereocenters. The van der Waals surface area contributed by atoms with Crippen LogP contribution in [0.1, 0.15) is 34.6 Å². The van der Waals surface area contributed by atoms with Gasteiger partial charge in [0.25, 0.3) is 0 Å². The van der Waals surface area contributed by atoms with E-state index in [0.717, 1.165) is 0 Å². The number of hydrogen-bond donors (Lipinski definition) is 1. The summed E-state index contributed by atoms with van der Waals surface area (Å²) in [6.07, 6.45) is 0. The monoisotopic (exact) mass is 159 g/mol. The van der Waals surface area contributed by atoms with Crippen molar-refractivity contribution >= 4 is 0 Å². The highest BCUT2D eigenvalue weighted by Gasteiger charge is 2.33. The van der Waals surface area contributed by atoms with Crippen molar-refractivity contribution < 1.29 is 4.74 Å². The van der Waals surface area contributed by atoms with Gasteiger partial charge in [-0.15, -0.1) is 0 Å². The Kier molecular flexibility index (Phi) is 3.52. The first-order valence-electron chi connectivity index (χ1n) is 4.15. The summed E-state index contributed by atoms with van der Waals surface area (Å²) in [4.78, 5) is 0. The Morgan fingerprint density at radius 1 is 1.09 bits per heavy atom. The third-order valence-electron chi connectivity index (χ3n) is 2.39. The Morgan fingerprint density at radius 3 is 1.82 bits per heavy atom. The molecule has 0 aromatic carbocycles. The molecule has 2 N–H and O–H groups in total. The quantitative estimate of drug-likeness (QED) is 0.681. The van der Waals surface area contributed by atoms with Gasteiger partial charge in [0.05, 0.1) is 12.2 Å². The van der Waals surface area contributed by atoms with Gasteiger partial charge in [-0.1, -0.05) is 20.8 Å². The van der Waals surface area contributed by atoms with Gasteiger partial charge in [-0.2, -0.15) is 0 Å². The summed E-state index contributed by atoms with van der Waals surface area (Å²) in [5.74, 6) is 0. The van der Waals surface area contributed by atoms with Gasteiger partial charge in [-0.05, 0) is 19.3 Å². The van der Waals surface area contributed by atoms with Gasteiger partial charge in [0.2, 0.25) is 0 Å². The van der Waals surface area contributed by atoms with E-state index in [9.17, 15) is 0 Å². The molecule has 0 aliphatic rings. The fourth-order valence-electron chi connectivity index (χ4n) is 0.531. The zero-order chi connectivity index (χ0) is 9.12. The summed E-state index contributed by atoms with van der Waals surface area (Å²) in [5, 5.41) is 0. The molecule has 0 bridgehead atoms. The maximum Gasteiger partial charge on any atom is 0.0675 e. The fraction of sp³-hybridized carbons (Fsp3) is 1.00. The van der Waals surface area contributed by atoms with Crippen molar-refractivity contribution in [1.29, 1.82) is 0 Å². The smallest absolute Gasteiger partial charge is 0.0675 e. The Balaban J connectivity index is 4.00. The standard InChI is InChI=1S/C9H21NO/c1-8(2,3)9(4,5)11-7-6-10/h6-7,10H2,1-5H3. The average Bonchev–Trinajstić information content (AvgIpc) is 1.81. The predicted octanol–water partition coefficient (Wildman–Crippen LogP) is 1.79. The van der Waals surface area contributed by atoms with E-state index in [1.807, 2.05) is 0 Å². The van der Waals surface area contributed by atoms with Gasteiger partial charge >= 0.3 is 0 Å². The fourth-order valence-corrected chi connectivity index (χ4v) is 0.531. The zero-order valence-corrected chi connectivity index (χ0v) is 8.40. The molecule has 0 heterocycles. The van der Waals surface area contributed by atoms with Gasteiger partial charge in [0.15, 0.2) is 0 Å². The summed E-state index contributed by atoms with van der Waals surface area (Å²) in [6, 6.07) is 0. The number of nitrogens with two attached hydrogens (primary N) is 1. The van der Waals surface area contributed by atoms with Crippen LogP contribution in [0.2, 0.25) is 0 Å². The van der Waals surface area contributed by atoms with E-state index in [1.165, 1.54) is 0 Å². The van der Waals surface area contributed by atoms with Crippen LogP contribution in [0.15, 0.2) is 0 Å². The van der Waals surface area contributed by atoms with E-state index >= 15 is 0 Å². The van der Waals surface area contributed by atoms with Crippen LogP contribution in [0.5, 0.6) is 0 Å². The van der Waals surface area contributed by atoms with Crippen molar-refractivity contribution in [3.8, 4) is 0 Å². The van der Waals surface area contributed by atoms with Gasteiger partial charge in [0.1, 0.15) is 0 Å². The number of ether oxygens (including phenoxy) is 1. The second kappa shape index (κ2) is 3.55. The van der Waals surface area contributed by atoms with Gasteiger partial charge in [-0.25, -0.2) is 0 Å². The molecule has 0 aliphatic carbocycles. The lowest BCUT2D eigenvalue weighted by Gasteiger charge is -2.38. The van der Waals surface area contributed by atoms with Crippen LogP contribution in [-0.2, 0) is 4.74 Å². The van der Waals surface area contributed by atoms with Crippen LogP contribution in [0, 0.1) is 5.41 Å². The maximum atomic E-state index is 5.62. The van der Waals surface area contributed by atoms with Crippen LogP contribution in [0.4, 0.5) is 0 Å². The molecule has 0 aliphatic heterocycles. The third-order valence-corrected chi connectivity index (χ3v) is 2.39. The Labute approximate surface area is 70.1 Å². The summed E-state index contributed by atoms with van der Waals surface area (Å²) in [5.41, 5.74) is 5.43. The van der Waals surface area contributed by atoms with Crippen LogP contribution >= 0.6 is 0 Å². The minimum atomic E-state index is -0.0909. The predicted molar refractivity (Wildman–Crippen MR) is 48.5 cm³/mol. The first-order chi connectivity index (χ1) is 4.81. The molecule has 0 radical (unpaired) electrons. The molecule has 2 nitrogen and oxygen atoms in total. The third kappa shape index (κ3) is 3.21. The van der Waals surface area contributed by atoms with Crippen molar-refractivity contribution in [2.45, 2.75) is 40.2 Å². The molecule has 0 aromatic heterocycles. The minimum Gasteiger partial charge on any atom is -0.374 e. The van der Waals surface area contributed by atoms with Crippen molar-refractivity contribution in [2.24, 2.45) is 11.1 Å². The van der Waals surface area contributed by atoms with Crippen LogP contribution in [0.25, 0.3) is 0 Å². The van der Waals surface area contributed by atoms with Crippen LogP contribution in [0.3, 0.4) is 0 Å². The highest BCUT2D eigenvalue weighted by atomic mass is 16.5. The van der Waals surface area contributed by atoms with Crippen LogP contribution < -0.4 is 5.73 Å². The Morgan fingerprint density at radius 2 is 1.55 bits per heavy atom. The minimum absolute atomic E-state index is 0.0909. The second-order valence-corrected chi connectivity index (χ2v) is 4.40. The lowest BCUT2D eigenvalue weighted by molar-refractivity contribution is -0.0870. The highest BCUT2D eigenvalue weighted by molar-refractivity contribution is 4.83. The molecule has 0 atom stereocenters. The van der Waals surface area contributed by atoms with Crippen molar-refractivity contribution in [3.63, 3.8) is 0 Å². The Hall–Kier alpha value is -0.0800. The zero-order valence-electron chi connectivity index (χ0n) is 8.40. The van der Waals surface area contributed by atoms with E-state index in [-0.39, 0.29) is 11.0 Å². The summed E-state index contributed by atoms with van der Waals surface area (Å²) in [6.45, 7) is 12.0. The summed E-state index contributed by atoms with van der Waals surface area (Å²) < 4.78 is 5.62. The van der Waals surface area contributed by atoms with E-state index in [1.54, 1.807) is 0 Å². The van der Waals surface area contributed by atoms with Gasteiger partial charge in [0, 0.05) is 6.54 Å².